The normalized spacial score (nSPS) is 9.90. The van der Waals surface area contributed by atoms with E-state index < -0.39 is 0 Å². The third-order valence-electron chi connectivity index (χ3n) is 1.42. The summed E-state index contributed by atoms with van der Waals surface area (Å²) in [5.74, 6) is 0. The predicted molar refractivity (Wildman–Crippen MR) is 53.5 cm³/mol. The number of hydrogen-bond acceptors (Lipinski definition) is 0. The van der Waals surface area contributed by atoms with Crippen molar-refractivity contribution in [3.05, 3.63) is 32.4 Å². The minimum atomic E-state index is 0.884. The van der Waals surface area contributed by atoms with Crippen molar-refractivity contribution in [3.63, 3.8) is 0 Å². The summed E-state index contributed by atoms with van der Waals surface area (Å²) < 4.78 is 1.26. The SMILES string of the molecule is CCc1c(Cl)cccc1I. The topological polar surface area (TPSA) is 0 Å². The zero-order chi connectivity index (χ0) is 7.56. The minimum Gasteiger partial charge on any atom is -0.0840 e. The first-order chi connectivity index (χ1) is 4.75. The van der Waals surface area contributed by atoms with E-state index in [1.807, 2.05) is 12.1 Å². The van der Waals surface area contributed by atoms with Crippen molar-refractivity contribution in [1.82, 2.24) is 0 Å². The molecule has 1 rings (SSSR count). The standard InChI is InChI=1S/C8H8ClI/c1-2-6-7(9)4-3-5-8(6)10/h3-5H,2H2,1H3. The Morgan fingerprint density at radius 3 is 2.60 bits per heavy atom. The molecule has 2 heteroatoms. The molecule has 0 atom stereocenters. The van der Waals surface area contributed by atoms with Crippen LogP contribution in [-0.2, 0) is 6.42 Å². The maximum atomic E-state index is 5.92. The van der Waals surface area contributed by atoms with Crippen molar-refractivity contribution in [3.8, 4) is 0 Å². The van der Waals surface area contributed by atoms with Gasteiger partial charge in [0.25, 0.3) is 0 Å². The van der Waals surface area contributed by atoms with Crippen molar-refractivity contribution < 1.29 is 0 Å². The number of benzene rings is 1. The Morgan fingerprint density at radius 2 is 2.20 bits per heavy atom. The molecule has 0 nitrogen and oxygen atoms in total. The third-order valence-corrected chi connectivity index (χ3v) is 2.78. The summed E-state index contributed by atoms with van der Waals surface area (Å²) in [7, 11) is 0. The van der Waals surface area contributed by atoms with Crippen LogP contribution < -0.4 is 0 Å². The third kappa shape index (κ3) is 1.64. The van der Waals surface area contributed by atoms with E-state index in [0.29, 0.717) is 0 Å². The largest absolute Gasteiger partial charge is 0.0840 e. The molecule has 0 radical (unpaired) electrons. The summed E-state index contributed by atoms with van der Waals surface area (Å²) >= 11 is 8.23. The fraction of sp³-hybridized carbons (Fsp3) is 0.250. The van der Waals surface area contributed by atoms with Crippen molar-refractivity contribution in [1.29, 1.82) is 0 Å². The van der Waals surface area contributed by atoms with Crippen LogP contribution in [0.1, 0.15) is 12.5 Å². The quantitative estimate of drug-likeness (QED) is 0.683. The van der Waals surface area contributed by atoms with E-state index in [1.165, 1.54) is 9.13 Å². The Labute approximate surface area is 79.7 Å². The van der Waals surface area contributed by atoms with Gasteiger partial charge in [0.1, 0.15) is 0 Å². The number of halogens is 2. The van der Waals surface area contributed by atoms with Gasteiger partial charge in [-0.15, -0.1) is 0 Å². The highest BCUT2D eigenvalue weighted by atomic mass is 127. The van der Waals surface area contributed by atoms with E-state index in [9.17, 15) is 0 Å². The van der Waals surface area contributed by atoms with Gasteiger partial charge in [0.2, 0.25) is 0 Å². The van der Waals surface area contributed by atoms with Crippen molar-refractivity contribution in [2.75, 3.05) is 0 Å². The Kier molecular flexibility index (Phi) is 2.98. The van der Waals surface area contributed by atoms with Crippen LogP contribution in [0.3, 0.4) is 0 Å². The van der Waals surface area contributed by atoms with Gasteiger partial charge in [0.15, 0.2) is 0 Å². The van der Waals surface area contributed by atoms with E-state index in [0.717, 1.165) is 11.4 Å². The molecule has 54 valence electrons. The van der Waals surface area contributed by atoms with Crippen LogP contribution in [0.4, 0.5) is 0 Å². The molecule has 1 aromatic carbocycles. The van der Waals surface area contributed by atoms with Gasteiger partial charge in [-0.25, -0.2) is 0 Å². The summed E-state index contributed by atoms with van der Waals surface area (Å²) in [6.45, 7) is 2.11. The first kappa shape index (κ1) is 8.34. The van der Waals surface area contributed by atoms with Gasteiger partial charge in [0, 0.05) is 8.59 Å². The number of hydrogen-bond donors (Lipinski definition) is 0. The van der Waals surface area contributed by atoms with Crippen LogP contribution in [-0.4, -0.2) is 0 Å². The lowest BCUT2D eigenvalue weighted by Gasteiger charge is -2.01. The van der Waals surface area contributed by atoms with Crippen molar-refractivity contribution >= 4 is 34.2 Å². The minimum absolute atomic E-state index is 0.884. The Bertz CT molecular complexity index is 212. The average Bonchev–Trinajstić information content (AvgIpc) is 1.88. The van der Waals surface area contributed by atoms with Crippen LogP contribution in [0, 0.1) is 3.57 Å². The molecule has 0 saturated carbocycles. The van der Waals surface area contributed by atoms with Crippen LogP contribution in [0.25, 0.3) is 0 Å². The molecule has 0 bridgehead atoms. The smallest absolute Gasteiger partial charge is 0.0448 e. The summed E-state index contributed by atoms with van der Waals surface area (Å²) in [5.41, 5.74) is 1.25. The lowest BCUT2D eigenvalue weighted by Crippen LogP contribution is -1.85. The number of rotatable bonds is 1. The summed E-state index contributed by atoms with van der Waals surface area (Å²) in [4.78, 5) is 0. The van der Waals surface area contributed by atoms with Gasteiger partial charge >= 0.3 is 0 Å². The molecule has 0 spiro atoms. The van der Waals surface area contributed by atoms with Gasteiger partial charge in [-0.3, -0.25) is 0 Å². The van der Waals surface area contributed by atoms with Crippen LogP contribution in [0.2, 0.25) is 5.02 Å². The van der Waals surface area contributed by atoms with E-state index >= 15 is 0 Å². The summed E-state index contributed by atoms with van der Waals surface area (Å²) in [6, 6.07) is 5.98. The lowest BCUT2D eigenvalue weighted by atomic mass is 10.2. The molecule has 0 N–H and O–H groups in total. The summed E-state index contributed by atoms with van der Waals surface area (Å²) in [5, 5.41) is 0.884. The first-order valence-electron chi connectivity index (χ1n) is 3.18. The van der Waals surface area contributed by atoms with Crippen molar-refractivity contribution in [2.24, 2.45) is 0 Å². The zero-order valence-corrected chi connectivity index (χ0v) is 8.61. The molecule has 10 heavy (non-hydrogen) atoms. The molecule has 0 aliphatic carbocycles. The Morgan fingerprint density at radius 1 is 1.50 bits per heavy atom. The van der Waals surface area contributed by atoms with Crippen LogP contribution >= 0.6 is 34.2 Å². The molecule has 0 amide bonds. The molecule has 0 aliphatic heterocycles. The van der Waals surface area contributed by atoms with E-state index in [2.05, 4.69) is 35.6 Å². The van der Waals surface area contributed by atoms with Gasteiger partial charge in [-0.05, 0) is 46.7 Å². The van der Waals surface area contributed by atoms with Gasteiger partial charge in [-0.1, -0.05) is 24.6 Å². The van der Waals surface area contributed by atoms with E-state index in [-0.39, 0.29) is 0 Å². The van der Waals surface area contributed by atoms with Gasteiger partial charge in [-0.2, -0.15) is 0 Å². The predicted octanol–water partition coefficient (Wildman–Crippen LogP) is 3.51. The van der Waals surface area contributed by atoms with Gasteiger partial charge < -0.3 is 0 Å². The Balaban J connectivity index is 3.17. The molecule has 0 aliphatic rings. The fourth-order valence-electron chi connectivity index (χ4n) is 0.870. The van der Waals surface area contributed by atoms with Crippen LogP contribution in [0.15, 0.2) is 18.2 Å². The van der Waals surface area contributed by atoms with Crippen LogP contribution in [0.5, 0.6) is 0 Å². The second-order valence-corrected chi connectivity index (χ2v) is 3.62. The lowest BCUT2D eigenvalue weighted by molar-refractivity contribution is 1.13. The second kappa shape index (κ2) is 3.58. The van der Waals surface area contributed by atoms with E-state index in [4.69, 9.17) is 11.6 Å². The highest BCUT2D eigenvalue weighted by molar-refractivity contribution is 14.1. The second-order valence-electron chi connectivity index (χ2n) is 2.05. The molecular formula is C8H8ClI. The molecule has 0 fully saturated rings. The highest BCUT2D eigenvalue weighted by Gasteiger charge is 1.99. The monoisotopic (exact) mass is 266 g/mol. The Hall–Kier alpha value is 0.240. The maximum Gasteiger partial charge on any atom is 0.0448 e. The molecule has 0 saturated heterocycles. The molecule has 0 aromatic heterocycles. The van der Waals surface area contributed by atoms with E-state index in [1.54, 1.807) is 0 Å². The average molecular weight is 267 g/mol. The first-order valence-corrected chi connectivity index (χ1v) is 4.64. The highest BCUT2D eigenvalue weighted by Crippen LogP contribution is 2.21. The molecular weight excluding hydrogens is 258 g/mol. The zero-order valence-electron chi connectivity index (χ0n) is 5.70. The van der Waals surface area contributed by atoms with Gasteiger partial charge in [0.05, 0.1) is 0 Å². The fourth-order valence-corrected chi connectivity index (χ4v) is 2.22. The molecule has 1 aromatic rings. The molecule has 0 unspecified atom stereocenters. The van der Waals surface area contributed by atoms with Crippen molar-refractivity contribution in [2.45, 2.75) is 13.3 Å². The maximum absolute atomic E-state index is 5.92. The molecule has 0 heterocycles. The summed E-state index contributed by atoms with van der Waals surface area (Å²) in [6.07, 6.45) is 1.01.